The van der Waals surface area contributed by atoms with Crippen molar-refractivity contribution in [2.45, 2.75) is 18.9 Å². The zero-order valence-electron chi connectivity index (χ0n) is 19.5. The maximum absolute atomic E-state index is 14.8. The summed E-state index contributed by atoms with van der Waals surface area (Å²) >= 11 is 2.18. The molecule has 1 fully saturated rings. The predicted molar refractivity (Wildman–Crippen MR) is 145 cm³/mol. The number of amides is 1. The van der Waals surface area contributed by atoms with Gasteiger partial charge in [0, 0.05) is 35.8 Å². The number of nitrogens with one attached hydrogen (secondary N) is 1. The van der Waals surface area contributed by atoms with Crippen molar-refractivity contribution in [1.29, 1.82) is 0 Å². The normalized spacial score (nSPS) is 15.4. The average Bonchev–Trinajstić information content (AvgIpc) is 2.87. The van der Waals surface area contributed by atoms with Crippen LogP contribution in [0.4, 0.5) is 21.5 Å². The summed E-state index contributed by atoms with van der Waals surface area (Å²) in [6.45, 7) is 5.60. The average molecular weight is 604 g/mol. The van der Waals surface area contributed by atoms with Gasteiger partial charge in [0.1, 0.15) is 18.0 Å². The standard InChI is InChI=1S/C24H26FIN8O2/c1-14(8-26)13-36-21-11-30-10-19(31-21)22-16(25)7-17(28)23(33-22)24(35)32-18-9-29-5-4-20(18)34-6-2-3-15(27)12-34/h4-5,7,9-11,15H,1-3,6,8,12-13,27-28H2,(H,32,35)/t15-/m0/s1. The highest BCUT2D eigenvalue weighted by atomic mass is 127. The fraction of sp³-hybridized carbons (Fsp3) is 0.292. The molecule has 0 radical (unpaired) electrons. The molecule has 5 N–H and O–H groups in total. The van der Waals surface area contributed by atoms with E-state index in [1.54, 1.807) is 12.4 Å². The van der Waals surface area contributed by atoms with Crippen molar-refractivity contribution in [3.63, 3.8) is 0 Å². The van der Waals surface area contributed by atoms with Crippen LogP contribution in [-0.2, 0) is 0 Å². The number of pyridine rings is 2. The predicted octanol–water partition coefficient (Wildman–Crippen LogP) is 3.20. The summed E-state index contributed by atoms with van der Waals surface area (Å²) in [6.07, 6.45) is 7.83. The van der Waals surface area contributed by atoms with E-state index < -0.39 is 11.7 Å². The molecule has 0 aliphatic carbocycles. The lowest BCUT2D eigenvalue weighted by Crippen LogP contribution is -2.43. The number of halogens is 2. The minimum Gasteiger partial charge on any atom is -0.472 e. The third-order valence-corrected chi connectivity index (χ3v) is 6.61. The topological polar surface area (TPSA) is 145 Å². The van der Waals surface area contributed by atoms with E-state index in [2.05, 4.69) is 59.3 Å². The molecule has 0 unspecified atom stereocenters. The molecule has 0 aromatic carbocycles. The smallest absolute Gasteiger partial charge is 0.276 e. The van der Waals surface area contributed by atoms with Gasteiger partial charge in [0.05, 0.1) is 35.7 Å². The number of carbonyl (C=O) groups excluding carboxylic acids is 1. The Hall–Kier alpha value is -3.39. The maximum atomic E-state index is 14.8. The minimum absolute atomic E-state index is 0.0490. The number of nitrogens with two attached hydrogens (primary N) is 2. The van der Waals surface area contributed by atoms with Crippen molar-refractivity contribution in [1.82, 2.24) is 19.9 Å². The van der Waals surface area contributed by atoms with Gasteiger partial charge in [-0.1, -0.05) is 29.2 Å². The second-order valence-corrected chi connectivity index (χ2v) is 9.13. The third kappa shape index (κ3) is 6.05. The highest BCUT2D eigenvalue weighted by Crippen LogP contribution is 2.29. The molecule has 4 heterocycles. The second kappa shape index (κ2) is 11.6. The van der Waals surface area contributed by atoms with Gasteiger partial charge >= 0.3 is 0 Å². The van der Waals surface area contributed by atoms with Gasteiger partial charge in [-0.15, -0.1) is 0 Å². The SMILES string of the molecule is C=C(CI)COc1cncc(-c2nc(C(=O)Nc3cnccc3N3CCC[C@H](N)C3)c(N)cc2F)n1. The molecule has 1 amide bonds. The molecule has 3 aromatic heterocycles. The summed E-state index contributed by atoms with van der Waals surface area (Å²) < 4.78 is 21.1. The number of hydrogen-bond donors (Lipinski definition) is 3. The molecule has 1 atom stereocenters. The zero-order chi connectivity index (χ0) is 25.7. The summed E-state index contributed by atoms with van der Waals surface area (Å²) in [6, 6.07) is 2.90. The molecule has 4 rings (SSSR count). The summed E-state index contributed by atoms with van der Waals surface area (Å²) in [5.74, 6) is -1.16. The molecule has 12 heteroatoms. The first-order valence-electron chi connectivity index (χ1n) is 11.3. The van der Waals surface area contributed by atoms with Crippen LogP contribution in [0.3, 0.4) is 0 Å². The minimum atomic E-state index is -0.739. The van der Waals surface area contributed by atoms with Gasteiger partial charge in [0.2, 0.25) is 5.88 Å². The van der Waals surface area contributed by atoms with E-state index in [0.29, 0.717) is 12.2 Å². The first kappa shape index (κ1) is 25.7. The van der Waals surface area contributed by atoms with Gasteiger partial charge in [-0.25, -0.2) is 14.4 Å². The molecule has 1 aliphatic heterocycles. The highest BCUT2D eigenvalue weighted by molar-refractivity contribution is 14.1. The maximum Gasteiger partial charge on any atom is 0.276 e. The van der Waals surface area contributed by atoms with Crippen molar-refractivity contribution in [3.8, 4) is 17.3 Å². The molecule has 188 valence electrons. The molecule has 36 heavy (non-hydrogen) atoms. The number of alkyl halides is 1. The van der Waals surface area contributed by atoms with Crippen molar-refractivity contribution >= 4 is 45.6 Å². The molecule has 10 nitrogen and oxygen atoms in total. The quantitative estimate of drug-likeness (QED) is 0.201. The Bertz CT molecular complexity index is 1270. The Labute approximate surface area is 221 Å². The van der Waals surface area contributed by atoms with Crippen LogP contribution in [0.25, 0.3) is 11.4 Å². The highest BCUT2D eigenvalue weighted by Gasteiger charge is 2.23. The first-order valence-corrected chi connectivity index (χ1v) is 12.8. The van der Waals surface area contributed by atoms with E-state index in [1.807, 2.05) is 6.07 Å². The molecule has 3 aromatic rings. The number of rotatable bonds is 8. The zero-order valence-corrected chi connectivity index (χ0v) is 21.6. The second-order valence-electron chi connectivity index (χ2n) is 8.37. The van der Waals surface area contributed by atoms with E-state index in [1.165, 1.54) is 12.4 Å². The summed E-state index contributed by atoms with van der Waals surface area (Å²) in [4.78, 5) is 32.0. The largest absolute Gasteiger partial charge is 0.472 e. The van der Waals surface area contributed by atoms with E-state index in [4.69, 9.17) is 16.2 Å². The van der Waals surface area contributed by atoms with Gasteiger partial charge in [-0.05, 0) is 24.5 Å². The van der Waals surface area contributed by atoms with E-state index in [-0.39, 0.29) is 41.3 Å². The molecule has 1 aliphatic rings. The monoisotopic (exact) mass is 604 g/mol. The van der Waals surface area contributed by atoms with Crippen LogP contribution in [-0.4, -0.2) is 56.0 Å². The van der Waals surface area contributed by atoms with Crippen molar-refractivity contribution in [3.05, 3.63) is 60.6 Å². The van der Waals surface area contributed by atoms with Crippen molar-refractivity contribution in [2.24, 2.45) is 5.73 Å². The summed E-state index contributed by atoms with van der Waals surface area (Å²) in [5, 5.41) is 2.81. The Morgan fingerprint density at radius 3 is 2.92 bits per heavy atom. The molecular formula is C24H26FIN8O2. The Morgan fingerprint density at radius 1 is 1.31 bits per heavy atom. The Kier molecular flexibility index (Phi) is 8.25. The molecule has 1 saturated heterocycles. The number of nitrogen functional groups attached to an aromatic ring is 1. The lowest BCUT2D eigenvalue weighted by Gasteiger charge is -2.33. The molecule has 0 saturated carbocycles. The first-order chi connectivity index (χ1) is 17.4. The van der Waals surface area contributed by atoms with Crippen LogP contribution in [0.5, 0.6) is 5.88 Å². The van der Waals surface area contributed by atoms with Crippen LogP contribution >= 0.6 is 22.6 Å². The Balaban J connectivity index is 1.60. The number of ether oxygens (including phenoxy) is 1. The van der Waals surface area contributed by atoms with Crippen LogP contribution in [0.1, 0.15) is 23.3 Å². The van der Waals surface area contributed by atoms with Gasteiger partial charge in [0.15, 0.2) is 11.5 Å². The lowest BCUT2D eigenvalue weighted by molar-refractivity contribution is 0.102. The van der Waals surface area contributed by atoms with Gasteiger partial charge in [0.25, 0.3) is 5.91 Å². The van der Waals surface area contributed by atoms with Crippen LogP contribution in [0, 0.1) is 5.82 Å². The molecule has 0 spiro atoms. The number of hydrogen-bond acceptors (Lipinski definition) is 9. The van der Waals surface area contributed by atoms with Gasteiger partial charge < -0.3 is 26.4 Å². The van der Waals surface area contributed by atoms with Crippen LogP contribution in [0.2, 0.25) is 0 Å². The fourth-order valence-electron chi connectivity index (χ4n) is 3.78. The molecular weight excluding hydrogens is 578 g/mol. The summed E-state index contributed by atoms with van der Waals surface area (Å²) in [5.41, 5.74) is 13.9. The van der Waals surface area contributed by atoms with Crippen LogP contribution in [0.15, 0.2) is 49.1 Å². The lowest BCUT2D eigenvalue weighted by atomic mass is 10.1. The van der Waals surface area contributed by atoms with Crippen molar-refractivity contribution in [2.75, 3.05) is 40.1 Å². The van der Waals surface area contributed by atoms with Gasteiger partial charge in [-0.3, -0.25) is 14.8 Å². The Morgan fingerprint density at radius 2 is 2.14 bits per heavy atom. The van der Waals surface area contributed by atoms with Crippen molar-refractivity contribution < 1.29 is 13.9 Å². The fourth-order valence-corrected chi connectivity index (χ4v) is 4.00. The van der Waals surface area contributed by atoms with E-state index in [9.17, 15) is 9.18 Å². The number of piperidine rings is 1. The number of aromatic nitrogens is 4. The number of carbonyl (C=O) groups is 1. The third-order valence-electron chi connectivity index (χ3n) is 5.53. The molecule has 0 bridgehead atoms. The van der Waals surface area contributed by atoms with Crippen LogP contribution < -0.4 is 26.4 Å². The number of anilines is 3. The van der Waals surface area contributed by atoms with Gasteiger partial charge in [-0.2, -0.15) is 0 Å². The number of nitrogens with zero attached hydrogens (tertiary/aromatic N) is 5. The van der Waals surface area contributed by atoms with E-state index in [0.717, 1.165) is 41.1 Å². The summed E-state index contributed by atoms with van der Waals surface area (Å²) in [7, 11) is 0. The van der Waals surface area contributed by atoms with E-state index >= 15 is 0 Å².